The van der Waals surface area contributed by atoms with Gasteiger partial charge in [-0.25, -0.2) is 12.7 Å². The Labute approximate surface area is 109 Å². The molecule has 0 amide bonds. The summed E-state index contributed by atoms with van der Waals surface area (Å²) in [5, 5.41) is 8.54. The molecule has 0 aromatic carbocycles. The van der Waals surface area contributed by atoms with Crippen molar-refractivity contribution in [2.45, 2.75) is 40.0 Å². The number of aliphatic carboxylic acids is 1. The highest BCUT2D eigenvalue weighted by atomic mass is 32.2. The first-order chi connectivity index (χ1) is 8.13. The number of hydrogen-bond acceptors (Lipinski definition) is 3. The summed E-state index contributed by atoms with van der Waals surface area (Å²) in [6, 6.07) is 0. The van der Waals surface area contributed by atoms with Gasteiger partial charge >= 0.3 is 5.97 Å². The predicted octanol–water partition coefficient (Wildman–Crippen LogP) is 1.55. The van der Waals surface area contributed by atoms with Gasteiger partial charge in [0.15, 0.2) is 0 Å². The minimum Gasteiger partial charge on any atom is -0.481 e. The first-order valence-electron chi connectivity index (χ1n) is 6.32. The number of carboxylic acids is 1. The van der Waals surface area contributed by atoms with E-state index in [4.69, 9.17) is 5.11 Å². The molecule has 0 atom stereocenters. The van der Waals surface area contributed by atoms with Gasteiger partial charge in [-0.1, -0.05) is 20.8 Å². The molecule has 1 aliphatic heterocycles. The van der Waals surface area contributed by atoms with Gasteiger partial charge in [0.2, 0.25) is 10.0 Å². The fourth-order valence-corrected chi connectivity index (χ4v) is 3.80. The lowest BCUT2D eigenvalue weighted by molar-refractivity contribution is -0.136. The molecule has 1 fully saturated rings. The molecule has 1 heterocycles. The Morgan fingerprint density at radius 3 is 2.17 bits per heavy atom. The average Bonchev–Trinajstić information content (AvgIpc) is 2.26. The highest BCUT2D eigenvalue weighted by Crippen LogP contribution is 2.34. The summed E-state index contributed by atoms with van der Waals surface area (Å²) in [6.45, 7) is 7.55. The van der Waals surface area contributed by atoms with Crippen molar-refractivity contribution in [3.8, 4) is 0 Å². The van der Waals surface area contributed by atoms with Crippen molar-refractivity contribution in [3.63, 3.8) is 0 Å². The first kappa shape index (κ1) is 15.4. The van der Waals surface area contributed by atoms with Crippen molar-refractivity contribution in [3.05, 3.63) is 0 Å². The highest BCUT2D eigenvalue weighted by Gasteiger charge is 2.33. The maximum Gasteiger partial charge on any atom is 0.304 e. The second-order valence-corrected chi connectivity index (χ2v) is 8.09. The number of carbonyl (C=O) groups is 1. The summed E-state index contributed by atoms with van der Waals surface area (Å²) in [5.74, 6) is -0.825. The third-order valence-electron chi connectivity index (χ3n) is 3.65. The Bertz CT molecular complexity index is 389. The highest BCUT2D eigenvalue weighted by molar-refractivity contribution is 7.89. The molecule has 5 nitrogen and oxygen atoms in total. The van der Waals surface area contributed by atoms with Gasteiger partial charge in [-0.05, 0) is 24.2 Å². The van der Waals surface area contributed by atoms with Gasteiger partial charge in [0.05, 0.1) is 12.2 Å². The maximum absolute atomic E-state index is 11.9. The molecule has 0 bridgehead atoms. The van der Waals surface area contributed by atoms with Crippen molar-refractivity contribution in [2.24, 2.45) is 11.3 Å². The zero-order valence-corrected chi connectivity index (χ0v) is 12.2. The normalized spacial score (nSPS) is 19.9. The number of sulfonamides is 1. The smallest absolute Gasteiger partial charge is 0.304 e. The molecule has 106 valence electrons. The lowest BCUT2D eigenvalue weighted by Gasteiger charge is -2.38. The van der Waals surface area contributed by atoms with Gasteiger partial charge in [-0.15, -0.1) is 0 Å². The monoisotopic (exact) mass is 277 g/mol. The van der Waals surface area contributed by atoms with Gasteiger partial charge in [0, 0.05) is 13.1 Å². The summed E-state index contributed by atoms with van der Waals surface area (Å²) in [5.41, 5.74) is 0.205. The van der Waals surface area contributed by atoms with Crippen LogP contribution in [0.25, 0.3) is 0 Å². The molecule has 1 rings (SSSR count). The third kappa shape index (κ3) is 4.24. The number of carboxylic acid groups (broad SMARTS) is 1. The SMILES string of the molecule is CC(C)(C)C1CCN(S(=O)(=O)CCC(=O)O)CC1. The predicted molar refractivity (Wildman–Crippen MR) is 69.8 cm³/mol. The van der Waals surface area contributed by atoms with E-state index in [1.54, 1.807) is 0 Å². The number of hydrogen-bond donors (Lipinski definition) is 1. The van der Waals surface area contributed by atoms with E-state index in [0.717, 1.165) is 12.8 Å². The standard InChI is InChI=1S/C12H23NO4S/c1-12(2,3)10-4-7-13(8-5-10)18(16,17)9-6-11(14)15/h10H,4-9H2,1-3H3,(H,14,15). The van der Waals surface area contributed by atoms with E-state index in [2.05, 4.69) is 20.8 Å². The van der Waals surface area contributed by atoms with Gasteiger partial charge < -0.3 is 5.11 Å². The summed E-state index contributed by atoms with van der Waals surface area (Å²) in [4.78, 5) is 10.4. The second kappa shape index (κ2) is 5.57. The largest absolute Gasteiger partial charge is 0.481 e. The Balaban J connectivity index is 2.54. The molecule has 0 radical (unpaired) electrons. The first-order valence-corrected chi connectivity index (χ1v) is 7.93. The van der Waals surface area contributed by atoms with Crippen LogP contribution in [0.15, 0.2) is 0 Å². The van der Waals surface area contributed by atoms with Crippen molar-refractivity contribution in [1.82, 2.24) is 4.31 Å². The zero-order chi connectivity index (χ0) is 14.0. The van der Waals surface area contributed by atoms with Crippen molar-refractivity contribution < 1.29 is 18.3 Å². The molecule has 0 unspecified atom stereocenters. The molecule has 0 spiro atoms. The fourth-order valence-electron chi connectivity index (χ4n) is 2.35. The second-order valence-electron chi connectivity index (χ2n) is 6.00. The average molecular weight is 277 g/mol. The molecule has 1 N–H and O–H groups in total. The lowest BCUT2D eigenvalue weighted by atomic mass is 9.76. The summed E-state index contributed by atoms with van der Waals surface area (Å²) in [6.07, 6.45) is 1.40. The van der Waals surface area contributed by atoms with Crippen LogP contribution in [0.4, 0.5) is 0 Å². The molecule has 0 saturated carbocycles. The maximum atomic E-state index is 11.9. The lowest BCUT2D eigenvalue weighted by Crippen LogP contribution is -2.42. The minimum atomic E-state index is -3.39. The topological polar surface area (TPSA) is 74.7 Å². The number of piperidine rings is 1. The molecular formula is C12H23NO4S. The van der Waals surface area contributed by atoms with E-state index in [0.29, 0.717) is 19.0 Å². The van der Waals surface area contributed by atoms with Crippen molar-refractivity contribution in [2.75, 3.05) is 18.8 Å². The van der Waals surface area contributed by atoms with Crippen LogP contribution in [0.2, 0.25) is 0 Å². The molecule has 0 aliphatic carbocycles. The van der Waals surface area contributed by atoms with Crippen LogP contribution < -0.4 is 0 Å². The fraction of sp³-hybridized carbons (Fsp3) is 0.917. The molecule has 18 heavy (non-hydrogen) atoms. The molecule has 6 heteroatoms. The summed E-state index contributed by atoms with van der Waals surface area (Å²) >= 11 is 0. The summed E-state index contributed by atoms with van der Waals surface area (Å²) in [7, 11) is -3.39. The third-order valence-corrected chi connectivity index (χ3v) is 5.52. The molecular weight excluding hydrogens is 254 g/mol. The van der Waals surface area contributed by atoms with Gasteiger partial charge in [0.1, 0.15) is 0 Å². The van der Waals surface area contributed by atoms with Gasteiger partial charge in [-0.3, -0.25) is 4.79 Å². The Morgan fingerprint density at radius 2 is 1.78 bits per heavy atom. The molecule has 0 aromatic heterocycles. The van der Waals surface area contributed by atoms with E-state index in [9.17, 15) is 13.2 Å². The van der Waals surface area contributed by atoms with Crippen molar-refractivity contribution >= 4 is 16.0 Å². The van der Waals surface area contributed by atoms with Gasteiger partial charge in [0.25, 0.3) is 0 Å². The van der Waals surface area contributed by atoms with Crippen molar-refractivity contribution in [1.29, 1.82) is 0 Å². The Morgan fingerprint density at radius 1 is 1.28 bits per heavy atom. The van der Waals surface area contributed by atoms with E-state index in [1.165, 1.54) is 4.31 Å². The zero-order valence-electron chi connectivity index (χ0n) is 11.3. The quantitative estimate of drug-likeness (QED) is 0.846. The van der Waals surface area contributed by atoms with Crippen LogP contribution in [0.1, 0.15) is 40.0 Å². The van der Waals surface area contributed by atoms with Crippen LogP contribution >= 0.6 is 0 Å². The minimum absolute atomic E-state index is 0.205. The number of nitrogens with zero attached hydrogens (tertiary/aromatic N) is 1. The van der Waals surface area contributed by atoms with Crippen LogP contribution in [0.3, 0.4) is 0 Å². The van der Waals surface area contributed by atoms with E-state index in [-0.39, 0.29) is 17.6 Å². The summed E-state index contributed by atoms with van der Waals surface area (Å²) < 4.78 is 25.3. The van der Waals surface area contributed by atoms with Crippen LogP contribution in [-0.4, -0.2) is 42.6 Å². The van der Waals surface area contributed by atoms with Gasteiger partial charge in [-0.2, -0.15) is 0 Å². The molecule has 1 aliphatic rings. The van der Waals surface area contributed by atoms with E-state index < -0.39 is 16.0 Å². The Kier molecular flexibility index (Phi) is 4.78. The number of rotatable bonds is 4. The van der Waals surface area contributed by atoms with E-state index in [1.807, 2.05) is 0 Å². The van der Waals surface area contributed by atoms with Crippen LogP contribution in [0.5, 0.6) is 0 Å². The molecule has 0 aromatic rings. The Hall–Kier alpha value is -0.620. The van der Waals surface area contributed by atoms with Crippen LogP contribution in [0, 0.1) is 11.3 Å². The molecule has 1 saturated heterocycles. The van der Waals surface area contributed by atoms with Crippen LogP contribution in [-0.2, 0) is 14.8 Å². The van der Waals surface area contributed by atoms with E-state index >= 15 is 0 Å².